The highest BCUT2D eigenvalue weighted by atomic mass is 19.1. The van der Waals surface area contributed by atoms with E-state index in [4.69, 9.17) is 0 Å². The summed E-state index contributed by atoms with van der Waals surface area (Å²) in [6.45, 7) is 0.343. The molecule has 1 N–H and O–H groups in total. The van der Waals surface area contributed by atoms with Crippen molar-refractivity contribution in [2.24, 2.45) is 0 Å². The van der Waals surface area contributed by atoms with Crippen molar-refractivity contribution in [3.63, 3.8) is 0 Å². The van der Waals surface area contributed by atoms with E-state index in [9.17, 15) is 18.0 Å². The summed E-state index contributed by atoms with van der Waals surface area (Å²) in [6, 6.07) is 2.97. The van der Waals surface area contributed by atoms with E-state index < -0.39 is 29.3 Å². The van der Waals surface area contributed by atoms with E-state index in [0.717, 1.165) is 18.6 Å². The van der Waals surface area contributed by atoms with Crippen LogP contribution in [0.2, 0.25) is 0 Å². The zero-order valence-corrected chi connectivity index (χ0v) is 13.2. The average molecular weight is 337 g/mol. The van der Waals surface area contributed by atoms with Gasteiger partial charge in [0.25, 0.3) is 0 Å². The van der Waals surface area contributed by atoms with Crippen LogP contribution < -0.4 is 5.32 Å². The van der Waals surface area contributed by atoms with Crippen LogP contribution in [0.25, 0.3) is 0 Å². The van der Waals surface area contributed by atoms with Crippen LogP contribution in [0.1, 0.15) is 31.0 Å². The Morgan fingerprint density at radius 1 is 1.29 bits per heavy atom. The van der Waals surface area contributed by atoms with Crippen molar-refractivity contribution in [2.45, 2.75) is 37.0 Å². The van der Waals surface area contributed by atoms with Crippen LogP contribution in [-0.4, -0.2) is 40.8 Å². The summed E-state index contributed by atoms with van der Waals surface area (Å²) >= 11 is 0. The van der Waals surface area contributed by atoms with E-state index in [0.29, 0.717) is 19.4 Å². The summed E-state index contributed by atoms with van der Waals surface area (Å²) in [5.41, 5.74) is -0.900. The van der Waals surface area contributed by atoms with Gasteiger partial charge in [-0.2, -0.15) is 4.39 Å². The predicted octanol–water partition coefficient (Wildman–Crippen LogP) is 2.44. The molecule has 3 aliphatic rings. The SMILES string of the molecule is CN1C=C(F)N2C(c3ccc(F)cc3F)NC3CCCC(=O)C32C1. The third-order valence-corrected chi connectivity index (χ3v) is 5.31. The molecule has 2 aliphatic heterocycles. The Labute approximate surface area is 137 Å². The molecule has 24 heavy (non-hydrogen) atoms. The first-order chi connectivity index (χ1) is 11.4. The van der Waals surface area contributed by atoms with Gasteiger partial charge < -0.3 is 9.80 Å². The van der Waals surface area contributed by atoms with E-state index in [1.54, 1.807) is 11.9 Å². The molecule has 2 heterocycles. The van der Waals surface area contributed by atoms with Crippen molar-refractivity contribution in [1.82, 2.24) is 15.1 Å². The molecule has 1 saturated carbocycles. The molecule has 1 aromatic carbocycles. The highest BCUT2D eigenvalue weighted by Crippen LogP contribution is 2.47. The Kier molecular flexibility index (Phi) is 3.38. The molecule has 0 radical (unpaired) electrons. The Bertz CT molecular complexity index is 738. The number of carbonyl (C=O) groups is 1. The van der Waals surface area contributed by atoms with E-state index >= 15 is 0 Å². The van der Waals surface area contributed by atoms with E-state index in [2.05, 4.69) is 5.32 Å². The second-order valence-corrected chi connectivity index (χ2v) is 6.76. The molecule has 4 nitrogen and oxygen atoms in total. The molecule has 4 rings (SSSR count). The minimum Gasteiger partial charge on any atom is -0.374 e. The Balaban J connectivity index is 1.86. The van der Waals surface area contributed by atoms with Gasteiger partial charge in [-0.3, -0.25) is 10.1 Å². The summed E-state index contributed by atoms with van der Waals surface area (Å²) in [6.07, 6.45) is 2.30. The van der Waals surface area contributed by atoms with E-state index in [1.807, 2.05) is 0 Å². The summed E-state index contributed by atoms with van der Waals surface area (Å²) < 4.78 is 42.4. The number of carbonyl (C=O) groups excluding carboxylic acids is 1. The lowest BCUT2D eigenvalue weighted by Crippen LogP contribution is -2.65. The number of halogens is 3. The number of hydrogen-bond donors (Lipinski definition) is 1. The largest absolute Gasteiger partial charge is 0.374 e. The molecular weight excluding hydrogens is 319 g/mol. The van der Waals surface area contributed by atoms with Crippen molar-refractivity contribution in [1.29, 1.82) is 0 Å². The van der Waals surface area contributed by atoms with Crippen molar-refractivity contribution in [3.8, 4) is 0 Å². The maximum atomic E-state index is 14.8. The third-order valence-electron chi connectivity index (χ3n) is 5.31. The van der Waals surface area contributed by atoms with Gasteiger partial charge in [0.05, 0.1) is 6.20 Å². The standard InChI is InChI=1S/C17H18F3N3O/c1-22-8-15(20)23-16(11-6-5-10(18)7-12(11)19)21-13-3-2-4-14(24)17(13,23)9-22/h5-8,13,16,21H,2-4,9H2,1H3. The molecule has 1 saturated heterocycles. The topological polar surface area (TPSA) is 35.6 Å². The van der Waals surface area contributed by atoms with Gasteiger partial charge in [-0.05, 0) is 25.0 Å². The molecule has 1 aromatic rings. The maximum Gasteiger partial charge on any atom is 0.208 e. The molecule has 0 aromatic heterocycles. The van der Waals surface area contributed by atoms with Gasteiger partial charge in [0, 0.05) is 37.7 Å². The smallest absolute Gasteiger partial charge is 0.208 e. The van der Waals surface area contributed by atoms with Crippen LogP contribution in [-0.2, 0) is 4.79 Å². The van der Waals surface area contributed by atoms with Crippen molar-refractivity contribution in [3.05, 3.63) is 47.5 Å². The molecule has 0 amide bonds. The number of Topliss-reactive ketones (excluding diaryl/α,β-unsaturated/α-hetero) is 1. The lowest BCUT2D eigenvalue weighted by atomic mass is 9.75. The van der Waals surface area contributed by atoms with Gasteiger partial charge in [-0.1, -0.05) is 0 Å². The van der Waals surface area contributed by atoms with Gasteiger partial charge in [0.15, 0.2) is 5.78 Å². The molecule has 7 heteroatoms. The molecule has 1 aliphatic carbocycles. The summed E-state index contributed by atoms with van der Waals surface area (Å²) in [5.74, 6) is -2.05. The number of likely N-dealkylation sites (N-methyl/N-ethyl adjacent to an activating group) is 1. The zero-order valence-electron chi connectivity index (χ0n) is 13.2. The fraction of sp³-hybridized carbons (Fsp3) is 0.471. The fourth-order valence-electron chi connectivity index (χ4n) is 4.35. The quantitative estimate of drug-likeness (QED) is 0.799. The second kappa shape index (κ2) is 5.24. The Hall–Kier alpha value is -2.02. The second-order valence-electron chi connectivity index (χ2n) is 6.76. The Morgan fingerprint density at radius 3 is 2.83 bits per heavy atom. The normalized spacial score (nSPS) is 32.5. The lowest BCUT2D eigenvalue weighted by molar-refractivity contribution is -0.135. The highest BCUT2D eigenvalue weighted by Gasteiger charge is 2.61. The number of nitrogens with zero attached hydrogens (tertiary/aromatic N) is 2. The summed E-state index contributed by atoms with van der Waals surface area (Å²) in [7, 11) is 1.72. The molecule has 128 valence electrons. The van der Waals surface area contributed by atoms with Crippen molar-refractivity contribution < 1.29 is 18.0 Å². The van der Waals surface area contributed by atoms with Crippen LogP contribution >= 0.6 is 0 Å². The summed E-state index contributed by atoms with van der Waals surface area (Å²) in [5, 5.41) is 3.22. The number of rotatable bonds is 1. The minimum atomic E-state index is -1.04. The minimum absolute atomic E-state index is 0.0358. The van der Waals surface area contributed by atoms with Gasteiger partial charge in [0.2, 0.25) is 5.95 Å². The average Bonchev–Trinajstić information content (AvgIpc) is 2.84. The van der Waals surface area contributed by atoms with Crippen LogP contribution in [0.3, 0.4) is 0 Å². The Morgan fingerprint density at radius 2 is 2.08 bits per heavy atom. The maximum absolute atomic E-state index is 14.8. The van der Waals surface area contributed by atoms with Gasteiger partial charge in [-0.25, -0.2) is 8.78 Å². The highest BCUT2D eigenvalue weighted by molar-refractivity contribution is 5.91. The lowest BCUT2D eigenvalue weighted by Gasteiger charge is -2.48. The molecule has 3 unspecified atom stereocenters. The van der Waals surface area contributed by atoms with E-state index in [1.165, 1.54) is 17.2 Å². The first-order valence-electron chi connectivity index (χ1n) is 8.04. The van der Waals surface area contributed by atoms with Crippen LogP contribution in [0, 0.1) is 11.6 Å². The predicted molar refractivity (Wildman–Crippen MR) is 81.3 cm³/mol. The third kappa shape index (κ3) is 2.00. The van der Waals surface area contributed by atoms with Crippen LogP contribution in [0.5, 0.6) is 0 Å². The molecule has 0 bridgehead atoms. The van der Waals surface area contributed by atoms with Gasteiger partial charge in [-0.15, -0.1) is 0 Å². The number of benzene rings is 1. The number of hydrogen-bond acceptors (Lipinski definition) is 4. The number of nitrogens with one attached hydrogen (secondary N) is 1. The molecule has 3 atom stereocenters. The van der Waals surface area contributed by atoms with Gasteiger partial charge >= 0.3 is 0 Å². The summed E-state index contributed by atoms with van der Waals surface area (Å²) in [4.78, 5) is 15.8. The molecular formula is C17H18F3N3O. The molecule has 2 fully saturated rings. The van der Waals surface area contributed by atoms with Crippen molar-refractivity contribution >= 4 is 5.78 Å². The number of ketones is 1. The fourth-order valence-corrected chi connectivity index (χ4v) is 4.35. The first kappa shape index (κ1) is 15.5. The van der Waals surface area contributed by atoms with Gasteiger partial charge in [0.1, 0.15) is 23.3 Å². The van der Waals surface area contributed by atoms with E-state index in [-0.39, 0.29) is 17.4 Å². The first-order valence-corrected chi connectivity index (χ1v) is 8.04. The van der Waals surface area contributed by atoms with Crippen LogP contribution in [0.15, 0.2) is 30.3 Å². The monoisotopic (exact) mass is 337 g/mol. The van der Waals surface area contributed by atoms with Crippen molar-refractivity contribution in [2.75, 3.05) is 13.6 Å². The van der Waals surface area contributed by atoms with Crippen LogP contribution in [0.4, 0.5) is 13.2 Å². The molecule has 1 spiro atoms. The zero-order chi connectivity index (χ0) is 17.1.